The molecule has 0 radical (unpaired) electrons. The summed E-state index contributed by atoms with van der Waals surface area (Å²) in [5, 5.41) is 4.17. The minimum atomic E-state index is 0.0373. The molecule has 1 heterocycles. The Morgan fingerprint density at radius 3 is 2.80 bits per heavy atom. The van der Waals surface area contributed by atoms with Crippen molar-refractivity contribution in [2.24, 2.45) is 5.92 Å². The smallest absolute Gasteiger partial charge is 0.251 e. The minimum Gasteiger partial charge on any atom is -0.349 e. The van der Waals surface area contributed by atoms with Crippen molar-refractivity contribution in [2.75, 3.05) is 0 Å². The molecule has 104 valence electrons. The van der Waals surface area contributed by atoms with Crippen molar-refractivity contribution < 1.29 is 4.79 Å². The number of rotatable bonds is 2. The van der Waals surface area contributed by atoms with Crippen LogP contribution in [0.1, 0.15) is 43.0 Å². The van der Waals surface area contributed by atoms with Gasteiger partial charge in [0, 0.05) is 23.2 Å². The molecule has 0 atom stereocenters. The lowest BCUT2D eigenvalue weighted by atomic mass is 9.87. The molecule has 0 spiro atoms. The van der Waals surface area contributed by atoms with Gasteiger partial charge in [0.2, 0.25) is 0 Å². The third kappa shape index (κ3) is 2.82. The van der Waals surface area contributed by atoms with Gasteiger partial charge in [-0.1, -0.05) is 13.0 Å². The van der Waals surface area contributed by atoms with Crippen LogP contribution in [0.3, 0.4) is 0 Å². The van der Waals surface area contributed by atoms with E-state index in [1.165, 1.54) is 12.8 Å². The van der Waals surface area contributed by atoms with Crippen LogP contribution in [0.2, 0.25) is 0 Å². The Balaban J connectivity index is 1.72. The lowest BCUT2D eigenvalue weighted by Crippen LogP contribution is -2.37. The fourth-order valence-corrected chi connectivity index (χ4v) is 2.89. The summed E-state index contributed by atoms with van der Waals surface area (Å²) in [6.07, 6.45) is 6.40. The maximum atomic E-state index is 12.3. The van der Waals surface area contributed by atoms with Gasteiger partial charge in [-0.3, -0.25) is 9.78 Å². The highest BCUT2D eigenvalue weighted by molar-refractivity contribution is 5.98. The van der Waals surface area contributed by atoms with Crippen molar-refractivity contribution >= 4 is 16.8 Å². The Morgan fingerprint density at radius 1 is 1.20 bits per heavy atom. The van der Waals surface area contributed by atoms with Gasteiger partial charge >= 0.3 is 0 Å². The zero-order valence-corrected chi connectivity index (χ0v) is 11.8. The van der Waals surface area contributed by atoms with Crippen molar-refractivity contribution in [1.82, 2.24) is 10.3 Å². The van der Waals surface area contributed by atoms with Gasteiger partial charge in [0.25, 0.3) is 5.91 Å². The number of pyridine rings is 1. The molecule has 3 nitrogen and oxygen atoms in total. The average Bonchev–Trinajstić information content (AvgIpc) is 2.49. The van der Waals surface area contributed by atoms with E-state index in [1.807, 2.05) is 30.3 Å². The first-order valence-electron chi connectivity index (χ1n) is 7.38. The second-order valence-corrected chi connectivity index (χ2v) is 5.84. The second-order valence-electron chi connectivity index (χ2n) is 5.84. The van der Waals surface area contributed by atoms with Crippen LogP contribution in [-0.4, -0.2) is 16.9 Å². The molecule has 1 saturated carbocycles. The highest BCUT2D eigenvalue weighted by Crippen LogP contribution is 2.23. The van der Waals surface area contributed by atoms with E-state index in [0.29, 0.717) is 6.04 Å². The van der Waals surface area contributed by atoms with Crippen molar-refractivity contribution in [3.8, 4) is 0 Å². The number of amides is 1. The Kier molecular flexibility index (Phi) is 3.68. The Bertz CT molecular complexity index is 615. The fraction of sp³-hybridized carbons (Fsp3) is 0.412. The summed E-state index contributed by atoms with van der Waals surface area (Å²) in [5.74, 6) is 0.838. The summed E-state index contributed by atoms with van der Waals surface area (Å²) in [4.78, 5) is 16.6. The predicted octanol–water partition coefficient (Wildman–Crippen LogP) is 3.54. The summed E-state index contributed by atoms with van der Waals surface area (Å²) < 4.78 is 0. The molecule has 1 aromatic heterocycles. The standard InChI is InChI=1S/C17H20N2O/c1-12-4-7-15(8-5-12)19-17(20)14-6-9-16-13(11-14)3-2-10-18-16/h2-3,6,9-12,15H,4-5,7-8H2,1H3,(H,19,20). The van der Waals surface area contributed by atoms with Crippen molar-refractivity contribution in [3.05, 3.63) is 42.1 Å². The molecule has 20 heavy (non-hydrogen) atoms. The number of nitrogens with one attached hydrogen (secondary N) is 1. The van der Waals surface area contributed by atoms with Gasteiger partial charge in [-0.05, 0) is 55.9 Å². The number of nitrogens with zero attached hydrogens (tertiary/aromatic N) is 1. The quantitative estimate of drug-likeness (QED) is 0.905. The van der Waals surface area contributed by atoms with Crippen LogP contribution in [0, 0.1) is 5.92 Å². The SMILES string of the molecule is CC1CCC(NC(=O)c2ccc3ncccc3c2)CC1. The van der Waals surface area contributed by atoms with E-state index in [0.717, 1.165) is 35.2 Å². The number of hydrogen-bond donors (Lipinski definition) is 1. The van der Waals surface area contributed by atoms with E-state index in [1.54, 1.807) is 6.20 Å². The molecule has 1 amide bonds. The highest BCUT2D eigenvalue weighted by Gasteiger charge is 2.20. The molecule has 3 heteroatoms. The minimum absolute atomic E-state index is 0.0373. The van der Waals surface area contributed by atoms with Crippen molar-refractivity contribution in [1.29, 1.82) is 0 Å². The first-order valence-corrected chi connectivity index (χ1v) is 7.38. The Labute approximate surface area is 119 Å². The van der Waals surface area contributed by atoms with E-state index < -0.39 is 0 Å². The molecule has 1 aliphatic rings. The number of hydrogen-bond acceptors (Lipinski definition) is 2. The van der Waals surface area contributed by atoms with Crippen LogP contribution in [0.25, 0.3) is 10.9 Å². The van der Waals surface area contributed by atoms with Crippen LogP contribution in [-0.2, 0) is 0 Å². The molecule has 2 aromatic rings. The molecule has 0 aliphatic heterocycles. The van der Waals surface area contributed by atoms with E-state index in [9.17, 15) is 4.79 Å². The summed E-state index contributed by atoms with van der Waals surface area (Å²) in [7, 11) is 0. The molecule has 0 unspecified atom stereocenters. The summed E-state index contributed by atoms with van der Waals surface area (Å²) in [6, 6.07) is 9.91. The van der Waals surface area contributed by atoms with Gasteiger partial charge < -0.3 is 5.32 Å². The normalized spacial score (nSPS) is 22.6. The van der Waals surface area contributed by atoms with E-state index in [4.69, 9.17) is 0 Å². The zero-order valence-electron chi connectivity index (χ0n) is 11.8. The Hall–Kier alpha value is -1.90. The number of fused-ring (bicyclic) bond motifs is 1. The number of benzene rings is 1. The van der Waals surface area contributed by atoms with Gasteiger partial charge in [0.05, 0.1) is 5.52 Å². The maximum Gasteiger partial charge on any atom is 0.251 e. The Morgan fingerprint density at radius 2 is 2.00 bits per heavy atom. The molecule has 1 aromatic carbocycles. The van der Waals surface area contributed by atoms with Crippen LogP contribution < -0.4 is 5.32 Å². The van der Waals surface area contributed by atoms with Crippen molar-refractivity contribution in [3.63, 3.8) is 0 Å². The lowest BCUT2D eigenvalue weighted by Gasteiger charge is -2.26. The topological polar surface area (TPSA) is 42.0 Å². The first kappa shape index (κ1) is 13.1. The van der Waals surface area contributed by atoms with E-state index in [2.05, 4.69) is 17.2 Å². The first-order chi connectivity index (χ1) is 9.72. The van der Waals surface area contributed by atoms with Gasteiger partial charge in [0.1, 0.15) is 0 Å². The van der Waals surface area contributed by atoms with Gasteiger partial charge in [-0.25, -0.2) is 0 Å². The molecule has 3 rings (SSSR count). The monoisotopic (exact) mass is 268 g/mol. The summed E-state index contributed by atoms with van der Waals surface area (Å²) in [5.41, 5.74) is 1.65. The number of aromatic nitrogens is 1. The zero-order chi connectivity index (χ0) is 13.9. The third-order valence-electron chi connectivity index (χ3n) is 4.22. The third-order valence-corrected chi connectivity index (χ3v) is 4.22. The molecule has 1 aliphatic carbocycles. The molecule has 1 N–H and O–H groups in total. The maximum absolute atomic E-state index is 12.3. The van der Waals surface area contributed by atoms with Crippen LogP contribution in [0.15, 0.2) is 36.5 Å². The van der Waals surface area contributed by atoms with E-state index >= 15 is 0 Å². The summed E-state index contributed by atoms with van der Waals surface area (Å²) >= 11 is 0. The highest BCUT2D eigenvalue weighted by atomic mass is 16.1. The molecular formula is C17H20N2O. The van der Waals surface area contributed by atoms with E-state index in [-0.39, 0.29) is 5.91 Å². The molecular weight excluding hydrogens is 248 g/mol. The van der Waals surface area contributed by atoms with Crippen LogP contribution in [0.5, 0.6) is 0 Å². The average molecular weight is 268 g/mol. The fourth-order valence-electron chi connectivity index (χ4n) is 2.89. The van der Waals surface area contributed by atoms with Crippen LogP contribution in [0.4, 0.5) is 0 Å². The van der Waals surface area contributed by atoms with Gasteiger partial charge in [-0.2, -0.15) is 0 Å². The van der Waals surface area contributed by atoms with Crippen molar-refractivity contribution in [2.45, 2.75) is 38.6 Å². The lowest BCUT2D eigenvalue weighted by molar-refractivity contribution is 0.0923. The largest absolute Gasteiger partial charge is 0.349 e. The number of carbonyl (C=O) groups is 1. The molecule has 1 fully saturated rings. The number of carbonyl (C=O) groups excluding carboxylic acids is 1. The summed E-state index contributed by atoms with van der Waals surface area (Å²) in [6.45, 7) is 2.29. The van der Waals surface area contributed by atoms with Gasteiger partial charge in [0.15, 0.2) is 0 Å². The molecule has 0 saturated heterocycles. The second kappa shape index (κ2) is 5.61. The molecule has 0 bridgehead atoms. The van der Waals surface area contributed by atoms with Gasteiger partial charge in [-0.15, -0.1) is 0 Å². The van der Waals surface area contributed by atoms with Crippen LogP contribution >= 0.6 is 0 Å². The predicted molar refractivity (Wildman–Crippen MR) is 80.6 cm³/mol.